The van der Waals surface area contributed by atoms with Gasteiger partial charge in [-0.2, -0.15) is 0 Å². The molecule has 1 aliphatic carbocycles. The lowest BCUT2D eigenvalue weighted by molar-refractivity contribution is 0.436. The van der Waals surface area contributed by atoms with E-state index >= 15 is 0 Å². The van der Waals surface area contributed by atoms with Crippen molar-refractivity contribution in [3.63, 3.8) is 0 Å². The fourth-order valence-corrected chi connectivity index (χ4v) is 2.50. The minimum absolute atomic E-state index is 0.245. The van der Waals surface area contributed by atoms with Crippen LogP contribution < -0.4 is 5.73 Å². The van der Waals surface area contributed by atoms with Gasteiger partial charge in [0.15, 0.2) is 0 Å². The molecule has 4 nitrogen and oxygen atoms in total. The lowest BCUT2D eigenvalue weighted by Crippen LogP contribution is -2.34. The lowest BCUT2D eigenvalue weighted by Gasteiger charge is -2.20. The number of pyridine rings is 1. The van der Waals surface area contributed by atoms with E-state index < -0.39 is 0 Å². The van der Waals surface area contributed by atoms with Crippen molar-refractivity contribution < 1.29 is 0 Å². The van der Waals surface area contributed by atoms with Gasteiger partial charge in [0.1, 0.15) is 5.82 Å². The first-order valence-electron chi connectivity index (χ1n) is 6.03. The Morgan fingerprint density at radius 1 is 1.18 bits per heavy atom. The molecule has 17 heavy (non-hydrogen) atoms. The van der Waals surface area contributed by atoms with Crippen LogP contribution in [0.4, 0.5) is 0 Å². The summed E-state index contributed by atoms with van der Waals surface area (Å²) in [6.07, 6.45) is 9.86. The SMILES string of the molecule is NC1(c2ncc(-c3ccncc3)[nH]2)CCCC1. The largest absolute Gasteiger partial charge is 0.340 e. The van der Waals surface area contributed by atoms with E-state index in [2.05, 4.69) is 15.0 Å². The molecular formula is C13H16N4. The number of nitrogens with two attached hydrogens (primary N) is 1. The average Bonchev–Trinajstić information content (AvgIpc) is 2.99. The lowest BCUT2D eigenvalue weighted by atomic mass is 9.99. The smallest absolute Gasteiger partial charge is 0.126 e. The molecule has 4 heteroatoms. The molecule has 0 aromatic carbocycles. The van der Waals surface area contributed by atoms with Gasteiger partial charge in [0.05, 0.1) is 17.4 Å². The molecule has 2 aromatic rings. The molecular weight excluding hydrogens is 212 g/mol. The maximum absolute atomic E-state index is 6.37. The fraction of sp³-hybridized carbons (Fsp3) is 0.385. The van der Waals surface area contributed by atoms with E-state index in [0.29, 0.717) is 0 Å². The van der Waals surface area contributed by atoms with Crippen LogP contribution in [0.25, 0.3) is 11.3 Å². The van der Waals surface area contributed by atoms with Crippen LogP contribution in [0.3, 0.4) is 0 Å². The number of H-pyrrole nitrogens is 1. The zero-order valence-corrected chi connectivity index (χ0v) is 9.69. The van der Waals surface area contributed by atoms with Crippen LogP contribution in [-0.2, 0) is 5.54 Å². The minimum atomic E-state index is -0.245. The number of nitrogens with zero attached hydrogens (tertiary/aromatic N) is 2. The van der Waals surface area contributed by atoms with Crippen LogP contribution >= 0.6 is 0 Å². The van der Waals surface area contributed by atoms with Gasteiger partial charge < -0.3 is 10.7 Å². The first kappa shape index (κ1) is 10.5. The van der Waals surface area contributed by atoms with E-state index in [-0.39, 0.29) is 5.54 Å². The summed E-state index contributed by atoms with van der Waals surface area (Å²) in [5.74, 6) is 0.918. The van der Waals surface area contributed by atoms with Gasteiger partial charge in [0.2, 0.25) is 0 Å². The van der Waals surface area contributed by atoms with Gasteiger partial charge in [-0.3, -0.25) is 4.98 Å². The Bertz CT molecular complexity index is 497. The number of hydrogen-bond acceptors (Lipinski definition) is 3. The molecule has 0 amide bonds. The number of aromatic nitrogens is 3. The zero-order chi connectivity index (χ0) is 11.7. The molecule has 0 radical (unpaired) electrons. The Hall–Kier alpha value is -1.68. The molecule has 2 aromatic heterocycles. The highest BCUT2D eigenvalue weighted by molar-refractivity contribution is 5.57. The molecule has 1 saturated carbocycles. The van der Waals surface area contributed by atoms with E-state index in [1.807, 2.05) is 18.3 Å². The fourth-order valence-electron chi connectivity index (χ4n) is 2.50. The highest BCUT2D eigenvalue weighted by atomic mass is 15.0. The average molecular weight is 228 g/mol. The van der Waals surface area contributed by atoms with Crippen molar-refractivity contribution in [3.05, 3.63) is 36.5 Å². The van der Waals surface area contributed by atoms with E-state index in [4.69, 9.17) is 5.73 Å². The predicted molar refractivity (Wildman–Crippen MR) is 66.2 cm³/mol. The standard InChI is InChI=1S/C13H16N4/c14-13(5-1-2-6-13)12-16-9-11(17-12)10-3-7-15-8-4-10/h3-4,7-9H,1-2,5-6,14H2,(H,16,17). The summed E-state index contributed by atoms with van der Waals surface area (Å²) in [5, 5.41) is 0. The molecule has 3 rings (SSSR count). The van der Waals surface area contributed by atoms with E-state index in [9.17, 15) is 0 Å². The van der Waals surface area contributed by atoms with Crippen molar-refractivity contribution in [1.82, 2.24) is 15.0 Å². The highest BCUT2D eigenvalue weighted by Gasteiger charge is 2.33. The Morgan fingerprint density at radius 3 is 2.59 bits per heavy atom. The van der Waals surface area contributed by atoms with Crippen molar-refractivity contribution in [3.8, 4) is 11.3 Å². The third-order valence-corrected chi connectivity index (χ3v) is 3.53. The van der Waals surface area contributed by atoms with E-state index in [1.54, 1.807) is 12.4 Å². The van der Waals surface area contributed by atoms with Crippen LogP contribution in [0.2, 0.25) is 0 Å². The topological polar surface area (TPSA) is 67.6 Å². The molecule has 1 fully saturated rings. The Labute approximate surface area is 100 Å². The van der Waals surface area contributed by atoms with Crippen LogP contribution in [0.5, 0.6) is 0 Å². The van der Waals surface area contributed by atoms with Crippen LogP contribution in [0, 0.1) is 0 Å². The highest BCUT2D eigenvalue weighted by Crippen LogP contribution is 2.35. The molecule has 0 unspecified atom stereocenters. The number of hydrogen-bond donors (Lipinski definition) is 2. The van der Waals surface area contributed by atoms with Crippen molar-refractivity contribution >= 4 is 0 Å². The first-order valence-corrected chi connectivity index (χ1v) is 6.03. The third-order valence-electron chi connectivity index (χ3n) is 3.53. The summed E-state index contributed by atoms with van der Waals surface area (Å²) in [6.45, 7) is 0. The van der Waals surface area contributed by atoms with Gasteiger partial charge in [-0.15, -0.1) is 0 Å². The number of rotatable bonds is 2. The van der Waals surface area contributed by atoms with Gasteiger partial charge in [0, 0.05) is 18.0 Å². The maximum Gasteiger partial charge on any atom is 0.126 e. The van der Waals surface area contributed by atoms with Crippen molar-refractivity contribution in [2.45, 2.75) is 31.2 Å². The molecule has 0 saturated heterocycles. The molecule has 1 aliphatic rings. The summed E-state index contributed by atoms with van der Waals surface area (Å²) < 4.78 is 0. The predicted octanol–water partition coefficient (Wildman–Crippen LogP) is 2.20. The van der Waals surface area contributed by atoms with Gasteiger partial charge in [-0.25, -0.2) is 4.98 Å². The monoisotopic (exact) mass is 228 g/mol. The second-order valence-corrected chi connectivity index (χ2v) is 4.74. The van der Waals surface area contributed by atoms with Gasteiger partial charge in [-0.1, -0.05) is 12.8 Å². The van der Waals surface area contributed by atoms with E-state index in [0.717, 1.165) is 29.9 Å². The van der Waals surface area contributed by atoms with Crippen LogP contribution in [0.15, 0.2) is 30.7 Å². The molecule has 3 N–H and O–H groups in total. The number of nitrogens with one attached hydrogen (secondary N) is 1. The molecule has 0 aliphatic heterocycles. The molecule has 0 atom stereocenters. The third kappa shape index (κ3) is 1.85. The Kier molecular flexibility index (Phi) is 2.44. The summed E-state index contributed by atoms with van der Waals surface area (Å²) in [7, 11) is 0. The second kappa shape index (κ2) is 3.96. The van der Waals surface area contributed by atoms with Crippen molar-refractivity contribution in [2.75, 3.05) is 0 Å². The number of aromatic amines is 1. The van der Waals surface area contributed by atoms with Crippen molar-refractivity contribution in [1.29, 1.82) is 0 Å². The summed E-state index contributed by atoms with van der Waals surface area (Å²) in [5.41, 5.74) is 8.23. The molecule has 0 bridgehead atoms. The quantitative estimate of drug-likeness (QED) is 0.828. The second-order valence-electron chi connectivity index (χ2n) is 4.74. The van der Waals surface area contributed by atoms with Crippen LogP contribution in [0.1, 0.15) is 31.5 Å². The van der Waals surface area contributed by atoms with Gasteiger partial charge in [0.25, 0.3) is 0 Å². The van der Waals surface area contributed by atoms with Gasteiger partial charge >= 0.3 is 0 Å². The Morgan fingerprint density at radius 2 is 1.88 bits per heavy atom. The Balaban J connectivity index is 1.93. The normalized spacial score (nSPS) is 18.4. The summed E-state index contributed by atoms with van der Waals surface area (Å²) >= 11 is 0. The van der Waals surface area contributed by atoms with Crippen LogP contribution in [-0.4, -0.2) is 15.0 Å². The molecule has 0 spiro atoms. The molecule has 2 heterocycles. The minimum Gasteiger partial charge on any atom is -0.340 e. The number of imidazole rings is 1. The first-order chi connectivity index (χ1) is 8.28. The zero-order valence-electron chi connectivity index (χ0n) is 9.69. The van der Waals surface area contributed by atoms with Crippen molar-refractivity contribution in [2.24, 2.45) is 5.73 Å². The van der Waals surface area contributed by atoms with E-state index in [1.165, 1.54) is 12.8 Å². The molecule has 88 valence electrons. The summed E-state index contributed by atoms with van der Waals surface area (Å²) in [4.78, 5) is 11.8. The summed E-state index contributed by atoms with van der Waals surface area (Å²) in [6, 6.07) is 3.93. The maximum atomic E-state index is 6.37. The van der Waals surface area contributed by atoms with Gasteiger partial charge in [-0.05, 0) is 25.0 Å².